The molecule has 10 heteroatoms. The molecule has 0 N–H and O–H groups in total. The molecule has 2 aromatic carbocycles. The van der Waals surface area contributed by atoms with Crippen LogP contribution in [0.3, 0.4) is 0 Å². The Bertz CT molecular complexity index is 1450. The minimum Gasteiger partial charge on any atom is -0.489 e. The molecule has 2 aromatic heterocycles. The van der Waals surface area contributed by atoms with Gasteiger partial charge in [0, 0.05) is 20.0 Å². The second-order valence-corrected chi connectivity index (χ2v) is 8.95. The van der Waals surface area contributed by atoms with Crippen molar-refractivity contribution in [2.45, 2.75) is 31.9 Å². The lowest BCUT2D eigenvalue weighted by Gasteiger charge is -2.42. The van der Waals surface area contributed by atoms with Gasteiger partial charge in [0.1, 0.15) is 5.52 Å². The molecule has 1 aliphatic rings. The fraction of sp³-hybridized carbons (Fsp3) is 0.357. The van der Waals surface area contributed by atoms with E-state index in [0.29, 0.717) is 43.2 Å². The van der Waals surface area contributed by atoms with Crippen molar-refractivity contribution in [3.05, 3.63) is 70.5 Å². The minimum absolute atomic E-state index is 0.0474. The molecule has 10 nitrogen and oxygen atoms in total. The smallest absolute Gasteiger partial charge is 0.305 e. The van der Waals surface area contributed by atoms with E-state index in [-0.39, 0.29) is 47.4 Å². The highest BCUT2D eigenvalue weighted by Crippen LogP contribution is 2.37. The van der Waals surface area contributed by atoms with E-state index in [1.54, 1.807) is 14.0 Å². The van der Waals surface area contributed by atoms with Gasteiger partial charge in [-0.15, -0.1) is 0 Å². The van der Waals surface area contributed by atoms with Crippen molar-refractivity contribution in [1.82, 2.24) is 14.5 Å². The normalized spacial score (nSPS) is 17.5. The zero-order valence-electron chi connectivity index (χ0n) is 21.6. The summed E-state index contributed by atoms with van der Waals surface area (Å²) < 4.78 is 24.2. The average Bonchev–Trinajstić information content (AvgIpc) is 3.38. The maximum Gasteiger partial charge on any atom is 0.305 e. The third-order valence-corrected chi connectivity index (χ3v) is 6.61. The first-order valence-corrected chi connectivity index (χ1v) is 12.6. The topological polar surface area (TPSA) is 109 Å². The zero-order valence-corrected chi connectivity index (χ0v) is 21.6. The molecule has 3 heterocycles. The van der Waals surface area contributed by atoms with E-state index < -0.39 is 0 Å². The lowest BCUT2D eigenvalue weighted by molar-refractivity contribution is -0.144. The number of anilines is 1. The second-order valence-electron chi connectivity index (χ2n) is 8.95. The molecule has 4 aromatic rings. The summed E-state index contributed by atoms with van der Waals surface area (Å²) in [7, 11) is 3.09. The summed E-state index contributed by atoms with van der Waals surface area (Å²) in [5.74, 6) is 0.399. The number of esters is 1. The number of carbonyl (C=O) groups excluding carboxylic acids is 1. The van der Waals surface area contributed by atoms with Crippen molar-refractivity contribution in [2.24, 2.45) is 7.05 Å². The van der Waals surface area contributed by atoms with Crippen LogP contribution >= 0.6 is 0 Å². The molecule has 0 aliphatic carbocycles. The van der Waals surface area contributed by atoms with Crippen LogP contribution < -0.4 is 15.2 Å². The van der Waals surface area contributed by atoms with Crippen LogP contribution in [0.25, 0.3) is 22.7 Å². The second kappa shape index (κ2) is 11.1. The van der Waals surface area contributed by atoms with Gasteiger partial charge in [-0.2, -0.15) is 0 Å². The number of nitrogens with zero attached hydrogens (tertiary/aromatic N) is 4. The van der Waals surface area contributed by atoms with Crippen LogP contribution in [0, 0.1) is 0 Å². The molecule has 38 heavy (non-hydrogen) atoms. The summed E-state index contributed by atoms with van der Waals surface area (Å²) in [5.41, 5.74) is 2.08. The monoisotopic (exact) mass is 518 g/mol. The Kier molecular flexibility index (Phi) is 7.41. The van der Waals surface area contributed by atoms with Crippen LogP contribution in [0.5, 0.6) is 5.75 Å². The molecule has 0 radical (unpaired) electrons. The first-order valence-electron chi connectivity index (χ1n) is 12.6. The third-order valence-electron chi connectivity index (χ3n) is 6.61. The number of para-hydroxylation sites is 2. The summed E-state index contributed by atoms with van der Waals surface area (Å²) in [6.45, 7) is 2.99. The first kappa shape index (κ1) is 25.5. The van der Waals surface area contributed by atoms with Crippen LogP contribution in [0.1, 0.15) is 31.4 Å². The van der Waals surface area contributed by atoms with E-state index in [9.17, 15) is 9.59 Å². The molecule has 2 unspecified atom stereocenters. The Morgan fingerprint density at radius 2 is 1.87 bits per heavy atom. The Morgan fingerprint density at radius 3 is 2.61 bits per heavy atom. The van der Waals surface area contributed by atoms with E-state index >= 15 is 0 Å². The van der Waals surface area contributed by atoms with E-state index in [0.717, 1.165) is 5.56 Å². The van der Waals surface area contributed by atoms with Crippen LogP contribution in [-0.2, 0) is 21.3 Å². The molecule has 0 bridgehead atoms. The summed E-state index contributed by atoms with van der Waals surface area (Å²) in [5, 5.41) is 0. The number of ether oxygens (including phenoxy) is 3. The molecule has 2 atom stereocenters. The van der Waals surface area contributed by atoms with E-state index in [1.807, 2.05) is 59.5 Å². The minimum atomic E-state index is -0.365. The van der Waals surface area contributed by atoms with Gasteiger partial charge >= 0.3 is 5.97 Å². The Morgan fingerprint density at radius 1 is 1.11 bits per heavy atom. The molecule has 0 amide bonds. The standard InChI is InChI=1S/C28H30N4O6/c1-4-36-22(33)15-14-21-24(18-10-6-5-7-11-18)32(16-17-37-21)28-30-23(25(35-3)27(34)31(28)2)26-29-19-12-8-9-13-20(19)38-26/h5-13,21,24H,4,14-17H2,1-3H3. The number of rotatable bonds is 8. The van der Waals surface area contributed by atoms with Crippen LogP contribution in [0.15, 0.2) is 63.8 Å². The van der Waals surface area contributed by atoms with Crippen molar-refractivity contribution in [3.63, 3.8) is 0 Å². The lowest BCUT2D eigenvalue weighted by Crippen LogP contribution is -2.48. The van der Waals surface area contributed by atoms with Crippen LogP contribution in [0.2, 0.25) is 0 Å². The molecule has 0 saturated carbocycles. The van der Waals surface area contributed by atoms with E-state index in [4.69, 9.17) is 23.6 Å². The number of carbonyl (C=O) groups is 1. The SMILES string of the molecule is CCOC(=O)CCC1OCCN(c2nc(-c3nc4ccccc4o3)c(OC)c(=O)n2C)C1c1ccccc1. The third kappa shape index (κ3) is 4.87. The van der Waals surface area contributed by atoms with Gasteiger partial charge in [-0.05, 0) is 31.0 Å². The predicted octanol–water partition coefficient (Wildman–Crippen LogP) is 3.89. The van der Waals surface area contributed by atoms with Gasteiger partial charge in [0.25, 0.3) is 11.4 Å². The number of aromatic nitrogens is 3. The molecule has 5 rings (SSSR count). The molecule has 1 aliphatic heterocycles. The van der Waals surface area contributed by atoms with Crippen molar-refractivity contribution in [2.75, 3.05) is 31.8 Å². The van der Waals surface area contributed by atoms with Crippen LogP contribution in [0.4, 0.5) is 5.95 Å². The van der Waals surface area contributed by atoms with Gasteiger partial charge in [0.05, 0.1) is 32.5 Å². The van der Waals surface area contributed by atoms with Crippen molar-refractivity contribution < 1.29 is 23.4 Å². The number of methoxy groups -OCH3 is 1. The number of hydrogen-bond acceptors (Lipinski definition) is 9. The fourth-order valence-corrected chi connectivity index (χ4v) is 4.87. The van der Waals surface area contributed by atoms with E-state index in [2.05, 4.69) is 4.98 Å². The zero-order chi connectivity index (χ0) is 26.6. The summed E-state index contributed by atoms with van der Waals surface area (Å²) in [4.78, 5) is 37.1. The van der Waals surface area contributed by atoms with Crippen molar-refractivity contribution >= 4 is 23.0 Å². The highest BCUT2D eigenvalue weighted by Gasteiger charge is 2.37. The quantitative estimate of drug-likeness (QED) is 0.321. The molecular formula is C28H30N4O6. The Hall–Kier alpha value is -4.18. The van der Waals surface area contributed by atoms with Gasteiger partial charge in [0.15, 0.2) is 11.3 Å². The number of benzene rings is 2. The Balaban J connectivity index is 1.60. The first-order chi connectivity index (χ1) is 18.5. The Labute approximate surface area is 219 Å². The lowest BCUT2D eigenvalue weighted by atomic mass is 9.95. The maximum atomic E-state index is 13.5. The highest BCUT2D eigenvalue weighted by molar-refractivity contribution is 5.76. The molecule has 1 fully saturated rings. The number of morpholine rings is 1. The summed E-state index contributed by atoms with van der Waals surface area (Å²) in [6, 6.07) is 16.9. The summed E-state index contributed by atoms with van der Waals surface area (Å²) in [6.07, 6.45) is 0.345. The molecule has 0 spiro atoms. The van der Waals surface area contributed by atoms with E-state index in [1.165, 1.54) is 11.7 Å². The predicted molar refractivity (Wildman–Crippen MR) is 141 cm³/mol. The summed E-state index contributed by atoms with van der Waals surface area (Å²) >= 11 is 0. The average molecular weight is 519 g/mol. The largest absolute Gasteiger partial charge is 0.489 e. The van der Waals surface area contributed by atoms with Gasteiger partial charge in [0.2, 0.25) is 11.7 Å². The van der Waals surface area contributed by atoms with Gasteiger partial charge in [-0.1, -0.05) is 42.5 Å². The van der Waals surface area contributed by atoms with Crippen molar-refractivity contribution in [3.8, 4) is 17.3 Å². The van der Waals surface area contributed by atoms with Gasteiger partial charge in [-0.25, -0.2) is 9.97 Å². The number of oxazole rings is 1. The number of fused-ring (bicyclic) bond motifs is 1. The van der Waals surface area contributed by atoms with Crippen LogP contribution in [-0.4, -0.2) is 53.5 Å². The fourth-order valence-electron chi connectivity index (χ4n) is 4.87. The molecular weight excluding hydrogens is 488 g/mol. The van der Waals surface area contributed by atoms with Gasteiger partial charge in [-0.3, -0.25) is 14.2 Å². The van der Waals surface area contributed by atoms with Crippen molar-refractivity contribution in [1.29, 1.82) is 0 Å². The number of hydrogen-bond donors (Lipinski definition) is 0. The molecule has 1 saturated heterocycles. The maximum absolute atomic E-state index is 13.5. The highest BCUT2D eigenvalue weighted by atomic mass is 16.5. The molecule has 198 valence electrons. The van der Waals surface area contributed by atoms with Gasteiger partial charge < -0.3 is 23.5 Å².